The summed E-state index contributed by atoms with van der Waals surface area (Å²) >= 11 is 0. The predicted octanol–water partition coefficient (Wildman–Crippen LogP) is 2.12. The molecule has 2 heterocycles. The molecule has 2 aromatic heterocycles. The minimum absolute atomic E-state index is 0.0120. The van der Waals surface area contributed by atoms with Crippen LogP contribution in [-0.2, 0) is 0 Å². The average molecular weight is 262 g/mol. The van der Waals surface area contributed by atoms with Crippen molar-refractivity contribution in [1.82, 2.24) is 15.2 Å². The normalized spacial score (nSPS) is 15.0. The predicted molar refractivity (Wildman–Crippen MR) is 63.0 cm³/mol. The number of carbonyl (C=O) groups excluding carboxylic acids is 1. The maximum atomic E-state index is 13.0. The van der Waals surface area contributed by atoms with E-state index in [9.17, 15) is 9.18 Å². The zero-order chi connectivity index (χ0) is 13.2. The second-order valence-corrected chi connectivity index (χ2v) is 4.39. The molecule has 7 heteroatoms. The van der Waals surface area contributed by atoms with Crippen molar-refractivity contribution in [3.8, 4) is 0 Å². The summed E-state index contributed by atoms with van der Waals surface area (Å²) in [6.07, 6.45) is 4.43. The highest BCUT2D eigenvalue weighted by Crippen LogP contribution is 2.35. The van der Waals surface area contributed by atoms with Crippen LogP contribution in [0.5, 0.6) is 0 Å². The van der Waals surface area contributed by atoms with E-state index in [4.69, 9.17) is 4.42 Å². The van der Waals surface area contributed by atoms with Crippen LogP contribution < -0.4 is 5.32 Å². The van der Waals surface area contributed by atoms with Gasteiger partial charge in [-0.05, 0) is 18.9 Å². The monoisotopic (exact) mass is 262 g/mol. The van der Waals surface area contributed by atoms with E-state index in [-0.39, 0.29) is 11.7 Å². The highest BCUT2D eigenvalue weighted by molar-refractivity contribution is 6.01. The van der Waals surface area contributed by atoms with E-state index in [1.165, 1.54) is 6.20 Å². The first kappa shape index (κ1) is 11.8. The van der Waals surface area contributed by atoms with Crippen molar-refractivity contribution >= 4 is 11.9 Å². The third-order valence-electron chi connectivity index (χ3n) is 3.07. The summed E-state index contributed by atoms with van der Waals surface area (Å²) < 4.78 is 18.3. The highest BCUT2D eigenvalue weighted by atomic mass is 19.1. The molecule has 98 valence electrons. The van der Waals surface area contributed by atoms with E-state index >= 15 is 0 Å². The van der Waals surface area contributed by atoms with Gasteiger partial charge in [-0.2, -0.15) is 0 Å². The maximum absolute atomic E-state index is 13.0. The van der Waals surface area contributed by atoms with Gasteiger partial charge in [0, 0.05) is 18.2 Å². The van der Waals surface area contributed by atoms with Crippen molar-refractivity contribution in [2.75, 3.05) is 5.32 Å². The fraction of sp³-hybridized carbons (Fsp3) is 0.333. The topological polar surface area (TPSA) is 80.9 Å². The molecule has 0 unspecified atom stereocenters. The summed E-state index contributed by atoms with van der Waals surface area (Å²) in [4.78, 5) is 15.5. The molecule has 0 spiro atoms. The Morgan fingerprint density at radius 3 is 2.95 bits per heavy atom. The Morgan fingerprint density at radius 1 is 1.42 bits per heavy atom. The van der Waals surface area contributed by atoms with Crippen molar-refractivity contribution < 1.29 is 13.6 Å². The first-order valence-corrected chi connectivity index (χ1v) is 5.98. The number of pyridine rings is 1. The Kier molecular flexibility index (Phi) is 2.94. The lowest BCUT2D eigenvalue weighted by Gasteiger charge is -2.20. The van der Waals surface area contributed by atoms with Crippen LogP contribution >= 0.6 is 0 Å². The van der Waals surface area contributed by atoms with E-state index in [1.807, 2.05) is 0 Å². The molecule has 2 aromatic rings. The Labute approximate surface area is 108 Å². The standard InChI is InChI=1S/C12H11FN4O2/c13-8-4-5-14-9(6-8)10(18)15-12-17-16-11(19-12)7-2-1-3-7/h4-7H,1-3H2,(H,15,17,18). The van der Waals surface area contributed by atoms with Crippen LogP contribution in [0.3, 0.4) is 0 Å². The lowest BCUT2D eigenvalue weighted by Crippen LogP contribution is -2.14. The van der Waals surface area contributed by atoms with Gasteiger partial charge in [-0.1, -0.05) is 11.5 Å². The number of hydrogen-bond donors (Lipinski definition) is 1. The van der Waals surface area contributed by atoms with Gasteiger partial charge >= 0.3 is 6.01 Å². The summed E-state index contributed by atoms with van der Waals surface area (Å²) in [6, 6.07) is 2.22. The number of nitrogens with one attached hydrogen (secondary N) is 1. The van der Waals surface area contributed by atoms with Crippen LogP contribution in [0.25, 0.3) is 0 Å². The Morgan fingerprint density at radius 2 is 2.26 bits per heavy atom. The molecule has 1 N–H and O–H groups in total. The van der Waals surface area contributed by atoms with Crippen molar-refractivity contribution in [2.24, 2.45) is 0 Å². The Hall–Kier alpha value is -2.31. The van der Waals surface area contributed by atoms with Gasteiger partial charge in [-0.3, -0.25) is 15.1 Å². The van der Waals surface area contributed by atoms with Crippen LogP contribution in [0.2, 0.25) is 0 Å². The van der Waals surface area contributed by atoms with Crippen molar-refractivity contribution in [3.63, 3.8) is 0 Å². The molecule has 3 rings (SSSR count). The van der Waals surface area contributed by atoms with Gasteiger partial charge in [-0.15, -0.1) is 5.10 Å². The molecular formula is C12H11FN4O2. The van der Waals surface area contributed by atoms with E-state index in [2.05, 4.69) is 20.5 Å². The molecule has 19 heavy (non-hydrogen) atoms. The van der Waals surface area contributed by atoms with Gasteiger partial charge in [0.1, 0.15) is 11.5 Å². The Balaban J connectivity index is 1.70. The quantitative estimate of drug-likeness (QED) is 0.916. The SMILES string of the molecule is O=C(Nc1nnc(C2CCC2)o1)c1cc(F)ccn1. The molecule has 1 saturated carbocycles. The van der Waals surface area contributed by atoms with Gasteiger partial charge in [0.25, 0.3) is 5.91 Å². The zero-order valence-electron chi connectivity index (χ0n) is 9.97. The van der Waals surface area contributed by atoms with Gasteiger partial charge in [0.2, 0.25) is 5.89 Å². The van der Waals surface area contributed by atoms with Gasteiger partial charge in [0.15, 0.2) is 0 Å². The van der Waals surface area contributed by atoms with Crippen molar-refractivity contribution in [1.29, 1.82) is 0 Å². The van der Waals surface area contributed by atoms with E-state index in [0.717, 1.165) is 31.4 Å². The molecule has 1 fully saturated rings. The smallest absolute Gasteiger partial charge is 0.322 e. The molecular weight excluding hydrogens is 251 g/mol. The van der Waals surface area contributed by atoms with Gasteiger partial charge in [0.05, 0.1) is 0 Å². The summed E-state index contributed by atoms with van der Waals surface area (Å²) in [5.74, 6) is -0.275. The molecule has 6 nitrogen and oxygen atoms in total. The molecule has 0 aromatic carbocycles. The van der Waals surface area contributed by atoms with Crippen LogP contribution in [0.4, 0.5) is 10.4 Å². The minimum Gasteiger partial charge on any atom is -0.408 e. The number of nitrogens with zero attached hydrogens (tertiary/aromatic N) is 3. The fourth-order valence-electron chi connectivity index (χ4n) is 1.80. The first-order chi connectivity index (χ1) is 9.22. The van der Waals surface area contributed by atoms with Crippen LogP contribution in [0.1, 0.15) is 41.6 Å². The average Bonchev–Trinajstić information content (AvgIpc) is 2.75. The zero-order valence-corrected chi connectivity index (χ0v) is 9.97. The first-order valence-electron chi connectivity index (χ1n) is 5.98. The third-order valence-corrected chi connectivity index (χ3v) is 3.07. The van der Waals surface area contributed by atoms with E-state index in [0.29, 0.717) is 11.8 Å². The van der Waals surface area contributed by atoms with Crippen LogP contribution in [-0.4, -0.2) is 21.1 Å². The maximum Gasteiger partial charge on any atom is 0.322 e. The van der Waals surface area contributed by atoms with E-state index in [1.54, 1.807) is 0 Å². The third kappa shape index (κ3) is 2.44. The molecule has 0 saturated heterocycles. The number of rotatable bonds is 3. The number of aromatic nitrogens is 3. The summed E-state index contributed by atoms with van der Waals surface area (Å²) in [5.41, 5.74) is -0.0385. The van der Waals surface area contributed by atoms with Gasteiger partial charge in [-0.25, -0.2) is 4.39 Å². The second-order valence-electron chi connectivity index (χ2n) is 4.39. The molecule has 0 bridgehead atoms. The second kappa shape index (κ2) is 4.75. The highest BCUT2D eigenvalue weighted by Gasteiger charge is 2.25. The van der Waals surface area contributed by atoms with Crippen LogP contribution in [0, 0.1) is 5.82 Å². The van der Waals surface area contributed by atoms with Crippen molar-refractivity contribution in [2.45, 2.75) is 25.2 Å². The largest absolute Gasteiger partial charge is 0.408 e. The summed E-state index contributed by atoms with van der Waals surface area (Å²) in [7, 11) is 0. The number of carbonyl (C=O) groups is 1. The van der Waals surface area contributed by atoms with Crippen LogP contribution in [0.15, 0.2) is 22.7 Å². The molecule has 1 aliphatic carbocycles. The number of hydrogen-bond acceptors (Lipinski definition) is 5. The molecule has 0 aliphatic heterocycles. The number of amides is 1. The number of halogens is 1. The molecule has 1 amide bonds. The minimum atomic E-state index is -0.580. The lowest BCUT2D eigenvalue weighted by molar-refractivity contribution is 0.101. The molecule has 0 radical (unpaired) electrons. The lowest BCUT2D eigenvalue weighted by atomic mass is 9.85. The molecule has 0 atom stereocenters. The summed E-state index contributed by atoms with van der Waals surface area (Å²) in [5, 5.41) is 10.0. The summed E-state index contributed by atoms with van der Waals surface area (Å²) in [6.45, 7) is 0. The molecule has 1 aliphatic rings. The Bertz CT molecular complexity index is 609. The fourth-order valence-corrected chi connectivity index (χ4v) is 1.80. The van der Waals surface area contributed by atoms with Crippen molar-refractivity contribution in [3.05, 3.63) is 35.7 Å². The van der Waals surface area contributed by atoms with E-state index < -0.39 is 11.7 Å². The van der Waals surface area contributed by atoms with Gasteiger partial charge < -0.3 is 4.42 Å². The number of anilines is 1.